The molecule has 0 amide bonds. The number of nitrogens with one attached hydrogen (secondary N) is 2. The van der Waals surface area contributed by atoms with Crippen LogP contribution in [0.1, 0.15) is 12.0 Å². The summed E-state index contributed by atoms with van der Waals surface area (Å²) in [6.45, 7) is 1.53. The second kappa shape index (κ2) is 6.75. The van der Waals surface area contributed by atoms with Crippen molar-refractivity contribution in [3.05, 3.63) is 24.2 Å². The van der Waals surface area contributed by atoms with E-state index in [0.717, 1.165) is 18.5 Å². The highest BCUT2D eigenvalue weighted by Gasteiger charge is 2.16. The Hall–Kier alpha value is -0.890. The third kappa shape index (κ3) is 4.86. The summed E-state index contributed by atoms with van der Waals surface area (Å²) in [5.74, 6) is 0. The Morgan fingerprint density at radius 3 is 2.82 bits per heavy atom. The van der Waals surface area contributed by atoms with Gasteiger partial charge in [-0.2, -0.15) is 17.4 Å². The molecule has 98 valence electrons. The number of rotatable bonds is 8. The molecule has 0 unspecified atom stereocenters. The van der Waals surface area contributed by atoms with E-state index in [1.165, 1.54) is 16.8 Å². The zero-order valence-electron chi connectivity index (χ0n) is 10.1. The molecule has 6 nitrogen and oxygen atoms in total. The first-order chi connectivity index (χ1) is 8.06. The van der Waals surface area contributed by atoms with Crippen LogP contribution in [0.3, 0.4) is 0 Å². The molecule has 2 N–H and O–H groups in total. The number of hydrogen-bond acceptors (Lipinski definition) is 4. The molecule has 1 rings (SSSR count). The molecule has 0 aliphatic heterocycles. The molecule has 0 atom stereocenters. The van der Waals surface area contributed by atoms with Gasteiger partial charge in [0.2, 0.25) is 0 Å². The lowest BCUT2D eigenvalue weighted by molar-refractivity contribution is 0.447. The van der Waals surface area contributed by atoms with Crippen molar-refractivity contribution in [3.8, 4) is 0 Å². The highest BCUT2D eigenvalue weighted by Crippen LogP contribution is 2.02. The van der Waals surface area contributed by atoms with Crippen LogP contribution in [-0.2, 0) is 16.8 Å². The van der Waals surface area contributed by atoms with Crippen LogP contribution >= 0.6 is 0 Å². The molecule has 0 bridgehead atoms. The maximum atomic E-state index is 11.8. The molecule has 7 heteroatoms. The van der Waals surface area contributed by atoms with Crippen molar-refractivity contribution in [1.82, 2.24) is 14.3 Å². The molecule has 0 spiro atoms. The van der Waals surface area contributed by atoms with Crippen LogP contribution in [0.4, 0.5) is 0 Å². The minimum Gasteiger partial charge on any atom is -0.472 e. The molecule has 0 aliphatic rings. The van der Waals surface area contributed by atoms with Crippen LogP contribution in [0.25, 0.3) is 0 Å². The summed E-state index contributed by atoms with van der Waals surface area (Å²) in [6.07, 6.45) is 3.81. The lowest BCUT2D eigenvalue weighted by Gasteiger charge is -2.17. The Morgan fingerprint density at radius 1 is 1.47 bits per heavy atom. The number of nitrogens with zero attached hydrogens (tertiary/aromatic N) is 1. The molecular formula is C10H19N3O3S. The molecule has 0 aliphatic carbocycles. The van der Waals surface area contributed by atoms with E-state index >= 15 is 0 Å². The van der Waals surface area contributed by atoms with Gasteiger partial charge in [0.05, 0.1) is 12.5 Å². The molecule has 0 aromatic carbocycles. The first-order valence-electron chi connectivity index (χ1n) is 5.43. The van der Waals surface area contributed by atoms with Crippen LogP contribution in [-0.4, -0.2) is 39.9 Å². The maximum Gasteiger partial charge on any atom is 0.279 e. The molecule has 1 aromatic heterocycles. The highest BCUT2D eigenvalue weighted by molar-refractivity contribution is 7.87. The van der Waals surface area contributed by atoms with Crippen LogP contribution < -0.4 is 10.0 Å². The Labute approximate surface area is 102 Å². The average molecular weight is 261 g/mol. The Kier molecular flexibility index (Phi) is 5.63. The van der Waals surface area contributed by atoms with E-state index in [2.05, 4.69) is 10.0 Å². The highest BCUT2D eigenvalue weighted by atomic mass is 32.2. The van der Waals surface area contributed by atoms with Gasteiger partial charge in [-0.15, -0.1) is 0 Å². The molecular weight excluding hydrogens is 242 g/mol. The van der Waals surface area contributed by atoms with Crippen LogP contribution in [0, 0.1) is 0 Å². The quantitative estimate of drug-likeness (QED) is 0.654. The van der Waals surface area contributed by atoms with Gasteiger partial charge in [-0.05, 0) is 26.1 Å². The fraction of sp³-hybridized carbons (Fsp3) is 0.600. The van der Waals surface area contributed by atoms with Crippen molar-refractivity contribution in [2.75, 3.05) is 27.2 Å². The largest absolute Gasteiger partial charge is 0.472 e. The van der Waals surface area contributed by atoms with Crippen molar-refractivity contribution >= 4 is 10.2 Å². The molecule has 1 aromatic rings. The van der Waals surface area contributed by atoms with Crippen molar-refractivity contribution < 1.29 is 12.8 Å². The first-order valence-corrected chi connectivity index (χ1v) is 6.87. The van der Waals surface area contributed by atoms with Gasteiger partial charge in [0, 0.05) is 25.7 Å². The summed E-state index contributed by atoms with van der Waals surface area (Å²) >= 11 is 0. The van der Waals surface area contributed by atoms with Crippen molar-refractivity contribution in [2.24, 2.45) is 0 Å². The molecule has 0 radical (unpaired) electrons. The minimum atomic E-state index is -3.40. The summed E-state index contributed by atoms with van der Waals surface area (Å²) in [6, 6.07) is 1.73. The second-order valence-electron chi connectivity index (χ2n) is 3.74. The van der Waals surface area contributed by atoms with E-state index < -0.39 is 10.2 Å². The molecule has 17 heavy (non-hydrogen) atoms. The summed E-state index contributed by atoms with van der Waals surface area (Å²) in [7, 11) is -0.00114. The molecule has 0 saturated heterocycles. The van der Waals surface area contributed by atoms with Crippen LogP contribution in [0.2, 0.25) is 0 Å². The average Bonchev–Trinajstić information content (AvgIpc) is 2.79. The zero-order chi connectivity index (χ0) is 12.7. The summed E-state index contributed by atoms with van der Waals surface area (Å²) in [4.78, 5) is 0. The van der Waals surface area contributed by atoms with Crippen molar-refractivity contribution in [3.63, 3.8) is 0 Å². The van der Waals surface area contributed by atoms with Gasteiger partial charge in [-0.1, -0.05) is 0 Å². The lowest BCUT2D eigenvalue weighted by Crippen LogP contribution is -2.38. The van der Waals surface area contributed by atoms with Crippen molar-refractivity contribution in [1.29, 1.82) is 0 Å². The van der Waals surface area contributed by atoms with Gasteiger partial charge >= 0.3 is 0 Å². The second-order valence-corrected chi connectivity index (χ2v) is 5.60. The van der Waals surface area contributed by atoms with Gasteiger partial charge in [0.25, 0.3) is 10.2 Å². The predicted molar refractivity (Wildman–Crippen MR) is 65.6 cm³/mol. The lowest BCUT2D eigenvalue weighted by atomic mass is 10.4. The minimum absolute atomic E-state index is 0.245. The number of hydrogen-bond donors (Lipinski definition) is 2. The fourth-order valence-corrected chi connectivity index (χ4v) is 2.22. The van der Waals surface area contributed by atoms with E-state index in [9.17, 15) is 8.42 Å². The van der Waals surface area contributed by atoms with Gasteiger partial charge < -0.3 is 9.73 Å². The zero-order valence-corrected chi connectivity index (χ0v) is 11.0. The normalized spacial score (nSPS) is 12.2. The van der Waals surface area contributed by atoms with E-state index in [1.54, 1.807) is 13.1 Å². The van der Waals surface area contributed by atoms with E-state index in [1.807, 2.05) is 7.05 Å². The third-order valence-electron chi connectivity index (χ3n) is 2.35. The summed E-state index contributed by atoms with van der Waals surface area (Å²) in [5, 5.41) is 2.97. The smallest absolute Gasteiger partial charge is 0.279 e. The van der Waals surface area contributed by atoms with Crippen LogP contribution in [0.15, 0.2) is 23.0 Å². The molecule has 1 heterocycles. The van der Waals surface area contributed by atoms with E-state index in [0.29, 0.717) is 6.54 Å². The van der Waals surface area contributed by atoms with Gasteiger partial charge in [0.1, 0.15) is 0 Å². The summed E-state index contributed by atoms with van der Waals surface area (Å²) in [5.41, 5.74) is 0.803. The van der Waals surface area contributed by atoms with Crippen LogP contribution in [0.5, 0.6) is 0 Å². The maximum absolute atomic E-state index is 11.8. The molecule has 0 fully saturated rings. The predicted octanol–water partition coefficient (Wildman–Crippen LogP) is 0.155. The van der Waals surface area contributed by atoms with Crippen molar-refractivity contribution in [2.45, 2.75) is 13.0 Å². The summed E-state index contributed by atoms with van der Waals surface area (Å²) < 4.78 is 32.2. The standard InChI is InChI=1S/C10H19N3O3S/c1-11-5-3-6-13(2)17(14,15)12-8-10-4-7-16-9-10/h4,7,9,11-12H,3,5-6,8H2,1-2H3. The van der Waals surface area contributed by atoms with Gasteiger partial charge in [0.15, 0.2) is 0 Å². The third-order valence-corrected chi connectivity index (χ3v) is 3.86. The Morgan fingerprint density at radius 2 is 2.24 bits per heavy atom. The monoisotopic (exact) mass is 261 g/mol. The van der Waals surface area contributed by atoms with E-state index in [4.69, 9.17) is 4.42 Å². The SMILES string of the molecule is CNCCCN(C)S(=O)(=O)NCc1ccoc1. The van der Waals surface area contributed by atoms with Gasteiger partial charge in [-0.3, -0.25) is 0 Å². The van der Waals surface area contributed by atoms with E-state index in [-0.39, 0.29) is 6.54 Å². The Balaban J connectivity index is 2.39. The first kappa shape index (κ1) is 14.2. The Bertz CT molecular complexity index is 402. The van der Waals surface area contributed by atoms with Gasteiger partial charge in [-0.25, -0.2) is 0 Å². The fourth-order valence-electron chi connectivity index (χ4n) is 1.28. The number of furan rings is 1. The molecule has 0 saturated carbocycles. The topological polar surface area (TPSA) is 74.6 Å².